The van der Waals surface area contributed by atoms with Crippen molar-refractivity contribution in [3.63, 3.8) is 0 Å². The average molecular weight is 115 g/mol. The van der Waals surface area contributed by atoms with Crippen molar-refractivity contribution in [2.45, 2.75) is 25.9 Å². The van der Waals surface area contributed by atoms with E-state index in [-0.39, 0.29) is 5.60 Å². The summed E-state index contributed by atoms with van der Waals surface area (Å²) in [6.07, 6.45) is 1.00. The Labute approximate surface area is 49.8 Å². The first-order valence-electron chi connectivity index (χ1n) is 2.88. The highest BCUT2D eigenvalue weighted by molar-refractivity contribution is 4.77. The van der Waals surface area contributed by atoms with Crippen molar-refractivity contribution >= 4 is 0 Å². The number of rotatable bonds is 1. The molecule has 1 unspecified atom stereocenters. The summed E-state index contributed by atoms with van der Waals surface area (Å²) in [7, 11) is 0. The second kappa shape index (κ2) is 2.03. The molecular weight excluding hydrogens is 104 g/mol. The second-order valence-corrected chi connectivity index (χ2v) is 2.33. The van der Waals surface area contributed by atoms with Gasteiger partial charge in [0.15, 0.2) is 0 Å². The number of hydrogen-bond donors (Lipinski definition) is 0. The van der Waals surface area contributed by atoms with Crippen LogP contribution in [-0.2, 0) is 9.47 Å². The summed E-state index contributed by atoms with van der Waals surface area (Å²) in [4.78, 5) is 0. The molecule has 1 aliphatic heterocycles. The van der Waals surface area contributed by atoms with E-state index >= 15 is 0 Å². The number of ether oxygens (including phenoxy) is 2. The Hall–Kier alpha value is -0.0800. The standard InChI is InChI=1S/C6H11O2/c1-3-6(2)4-7-5-8-6/h5H,3-4H2,1-2H3. The van der Waals surface area contributed by atoms with Crippen molar-refractivity contribution in [3.8, 4) is 0 Å². The maximum Gasteiger partial charge on any atom is 0.210 e. The highest BCUT2D eigenvalue weighted by Gasteiger charge is 2.28. The molecule has 0 N–H and O–H groups in total. The summed E-state index contributed by atoms with van der Waals surface area (Å²) >= 11 is 0. The van der Waals surface area contributed by atoms with E-state index < -0.39 is 0 Å². The van der Waals surface area contributed by atoms with Crippen LogP contribution >= 0.6 is 0 Å². The quantitative estimate of drug-likeness (QED) is 0.513. The fourth-order valence-electron chi connectivity index (χ4n) is 0.580. The Morgan fingerprint density at radius 2 is 2.50 bits per heavy atom. The predicted octanol–water partition coefficient (Wildman–Crippen LogP) is 1.32. The van der Waals surface area contributed by atoms with Crippen molar-refractivity contribution in [1.29, 1.82) is 0 Å². The highest BCUT2D eigenvalue weighted by Crippen LogP contribution is 2.22. The van der Waals surface area contributed by atoms with Crippen LogP contribution in [0.4, 0.5) is 0 Å². The van der Waals surface area contributed by atoms with Crippen molar-refractivity contribution in [1.82, 2.24) is 0 Å². The molecule has 0 aliphatic carbocycles. The van der Waals surface area contributed by atoms with Crippen LogP contribution in [-0.4, -0.2) is 12.2 Å². The molecule has 1 heterocycles. The van der Waals surface area contributed by atoms with E-state index in [9.17, 15) is 0 Å². The molecule has 0 aromatic carbocycles. The zero-order valence-electron chi connectivity index (χ0n) is 5.31. The molecule has 1 aliphatic rings. The van der Waals surface area contributed by atoms with Gasteiger partial charge in [0, 0.05) is 0 Å². The molecular formula is C6H11O2. The molecule has 1 radical (unpaired) electrons. The van der Waals surface area contributed by atoms with Crippen molar-refractivity contribution in [3.05, 3.63) is 6.79 Å². The Kier molecular flexibility index (Phi) is 1.54. The van der Waals surface area contributed by atoms with Crippen LogP contribution in [0.3, 0.4) is 0 Å². The van der Waals surface area contributed by atoms with Gasteiger partial charge in [0.1, 0.15) is 0 Å². The molecule has 47 valence electrons. The van der Waals surface area contributed by atoms with Crippen LogP contribution in [0.15, 0.2) is 0 Å². The maximum absolute atomic E-state index is 5.14. The van der Waals surface area contributed by atoms with Crippen LogP contribution < -0.4 is 0 Å². The molecule has 1 atom stereocenters. The molecule has 0 spiro atoms. The van der Waals surface area contributed by atoms with E-state index in [0.717, 1.165) is 6.42 Å². The lowest BCUT2D eigenvalue weighted by Gasteiger charge is -2.16. The zero-order valence-corrected chi connectivity index (χ0v) is 5.31. The molecule has 2 heteroatoms. The van der Waals surface area contributed by atoms with Crippen LogP contribution in [0, 0.1) is 6.79 Å². The molecule has 0 saturated carbocycles. The summed E-state index contributed by atoms with van der Waals surface area (Å²) < 4.78 is 10.0. The lowest BCUT2D eigenvalue weighted by molar-refractivity contribution is 0.0535. The highest BCUT2D eigenvalue weighted by atomic mass is 16.7. The van der Waals surface area contributed by atoms with Gasteiger partial charge in [-0.15, -0.1) is 0 Å². The van der Waals surface area contributed by atoms with Gasteiger partial charge in [-0.3, -0.25) is 0 Å². The molecule has 2 nitrogen and oxygen atoms in total. The Balaban J connectivity index is 2.40. The molecule has 0 bridgehead atoms. The lowest BCUT2D eigenvalue weighted by Crippen LogP contribution is -2.24. The summed E-state index contributed by atoms with van der Waals surface area (Å²) in [5.41, 5.74) is -0.0417. The molecule has 1 fully saturated rings. The van der Waals surface area contributed by atoms with Crippen LogP contribution in [0.1, 0.15) is 20.3 Å². The third kappa shape index (κ3) is 1.01. The predicted molar refractivity (Wildman–Crippen MR) is 30.0 cm³/mol. The van der Waals surface area contributed by atoms with Gasteiger partial charge in [-0.1, -0.05) is 6.92 Å². The van der Waals surface area contributed by atoms with E-state index in [1.54, 1.807) is 0 Å². The van der Waals surface area contributed by atoms with Gasteiger partial charge in [0.25, 0.3) is 0 Å². The molecule has 1 saturated heterocycles. The van der Waals surface area contributed by atoms with Crippen LogP contribution in [0.25, 0.3) is 0 Å². The monoisotopic (exact) mass is 115 g/mol. The van der Waals surface area contributed by atoms with Crippen LogP contribution in [0.5, 0.6) is 0 Å². The first-order valence-corrected chi connectivity index (χ1v) is 2.88. The topological polar surface area (TPSA) is 18.5 Å². The first kappa shape index (κ1) is 6.05. The molecule has 1 rings (SSSR count). The average Bonchev–Trinajstić information content (AvgIpc) is 2.17. The largest absolute Gasteiger partial charge is 0.345 e. The molecule has 8 heavy (non-hydrogen) atoms. The van der Waals surface area contributed by atoms with Gasteiger partial charge in [0.05, 0.1) is 12.2 Å². The van der Waals surface area contributed by atoms with Gasteiger partial charge in [-0.25, -0.2) is 0 Å². The Bertz CT molecular complexity index is 74.6. The minimum atomic E-state index is -0.0417. The van der Waals surface area contributed by atoms with E-state index in [2.05, 4.69) is 6.92 Å². The normalized spacial score (nSPS) is 38.2. The second-order valence-electron chi connectivity index (χ2n) is 2.33. The summed E-state index contributed by atoms with van der Waals surface area (Å²) in [6.45, 7) is 6.24. The van der Waals surface area contributed by atoms with Crippen molar-refractivity contribution < 1.29 is 9.47 Å². The van der Waals surface area contributed by atoms with Gasteiger partial charge >= 0.3 is 0 Å². The van der Waals surface area contributed by atoms with E-state index in [1.165, 1.54) is 6.79 Å². The summed E-state index contributed by atoms with van der Waals surface area (Å²) in [6, 6.07) is 0. The third-order valence-corrected chi connectivity index (χ3v) is 1.54. The van der Waals surface area contributed by atoms with Crippen molar-refractivity contribution in [2.75, 3.05) is 6.61 Å². The smallest absolute Gasteiger partial charge is 0.210 e. The Morgan fingerprint density at radius 1 is 1.75 bits per heavy atom. The minimum absolute atomic E-state index is 0.0417. The summed E-state index contributed by atoms with van der Waals surface area (Å²) in [5, 5.41) is 0. The number of hydrogen-bond acceptors (Lipinski definition) is 2. The maximum atomic E-state index is 5.14. The minimum Gasteiger partial charge on any atom is -0.345 e. The fourth-order valence-corrected chi connectivity index (χ4v) is 0.580. The fraction of sp³-hybridized carbons (Fsp3) is 0.833. The van der Waals surface area contributed by atoms with E-state index in [0.29, 0.717) is 6.61 Å². The van der Waals surface area contributed by atoms with E-state index in [4.69, 9.17) is 9.47 Å². The van der Waals surface area contributed by atoms with Gasteiger partial charge < -0.3 is 9.47 Å². The van der Waals surface area contributed by atoms with E-state index in [1.807, 2.05) is 6.92 Å². The molecule has 0 amide bonds. The first-order chi connectivity index (χ1) is 3.77. The molecule has 0 aromatic heterocycles. The van der Waals surface area contributed by atoms with Gasteiger partial charge in [-0.05, 0) is 13.3 Å². The lowest BCUT2D eigenvalue weighted by atomic mass is 10.1. The van der Waals surface area contributed by atoms with Gasteiger partial charge in [-0.2, -0.15) is 0 Å². The van der Waals surface area contributed by atoms with Gasteiger partial charge in [0.2, 0.25) is 6.79 Å². The Morgan fingerprint density at radius 3 is 2.75 bits per heavy atom. The van der Waals surface area contributed by atoms with Crippen molar-refractivity contribution in [2.24, 2.45) is 0 Å². The summed E-state index contributed by atoms with van der Waals surface area (Å²) in [5.74, 6) is 0. The zero-order chi connectivity index (χ0) is 6.04. The third-order valence-electron chi connectivity index (χ3n) is 1.54. The molecule has 0 aromatic rings. The van der Waals surface area contributed by atoms with Crippen LogP contribution in [0.2, 0.25) is 0 Å². The SMILES string of the molecule is CCC1(C)CO[CH]O1.